The number of nitrogens with one attached hydrogen (secondary N) is 1. The van der Waals surface area contributed by atoms with Crippen molar-refractivity contribution in [3.05, 3.63) is 0 Å². The van der Waals surface area contributed by atoms with Gasteiger partial charge in [0.25, 0.3) is 0 Å². The fraction of sp³-hybridized carbons (Fsp3) is 0.842. The van der Waals surface area contributed by atoms with Crippen LogP contribution in [0.15, 0.2) is 0 Å². The van der Waals surface area contributed by atoms with Crippen LogP contribution in [0.3, 0.4) is 0 Å². The minimum Gasteiger partial charge on any atom is -0.481 e. The van der Waals surface area contributed by atoms with Crippen LogP contribution in [0.1, 0.15) is 64.7 Å². The van der Waals surface area contributed by atoms with Crippen LogP contribution >= 0.6 is 0 Å². The highest BCUT2D eigenvalue weighted by atomic mass is 16.4. The molecule has 1 aliphatic heterocycles. The molecule has 2 rings (SSSR count). The summed E-state index contributed by atoms with van der Waals surface area (Å²) >= 11 is 0. The Bertz CT molecular complexity index is 472. The second-order valence-electron chi connectivity index (χ2n) is 7.50. The van der Waals surface area contributed by atoms with E-state index in [1.54, 1.807) is 0 Å². The maximum Gasteiger partial charge on any atom is 0.306 e. The van der Waals surface area contributed by atoms with Gasteiger partial charge in [0.1, 0.15) is 0 Å². The highest BCUT2D eigenvalue weighted by Gasteiger charge is 2.35. The van der Waals surface area contributed by atoms with Crippen LogP contribution < -0.4 is 5.32 Å². The molecule has 142 valence electrons. The SMILES string of the molecule is CCCCCNC(=O)C1CCN(C(=O)C2CCCC(C(=O)O)C2)CC1. The molecule has 2 N–H and O–H groups in total. The number of hydrogen-bond acceptors (Lipinski definition) is 3. The molecule has 0 radical (unpaired) electrons. The van der Waals surface area contributed by atoms with Gasteiger partial charge in [0, 0.05) is 31.5 Å². The Morgan fingerprint density at radius 1 is 1.00 bits per heavy atom. The molecule has 0 bridgehead atoms. The van der Waals surface area contributed by atoms with Gasteiger partial charge in [0.05, 0.1) is 5.92 Å². The molecule has 2 aliphatic rings. The van der Waals surface area contributed by atoms with Gasteiger partial charge in [-0.1, -0.05) is 26.2 Å². The summed E-state index contributed by atoms with van der Waals surface area (Å²) in [5, 5.41) is 12.2. The number of aliphatic carboxylic acids is 1. The fourth-order valence-corrected chi connectivity index (χ4v) is 3.99. The van der Waals surface area contributed by atoms with E-state index in [0.717, 1.165) is 38.6 Å². The van der Waals surface area contributed by atoms with E-state index in [-0.39, 0.29) is 29.6 Å². The first-order valence-electron chi connectivity index (χ1n) is 9.82. The number of carboxylic acid groups (broad SMARTS) is 1. The Hall–Kier alpha value is -1.59. The highest BCUT2D eigenvalue weighted by Crippen LogP contribution is 2.31. The molecule has 1 aliphatic carbocycles. The highest BCUT2D eigenvalue weighted by molar-refractivity contribution is 5.82. The van der Waals surface area contributed by atoms with Gasteiger partial charge < -0.3 is 15.3 Å². The average Bonchev–Trinajstić information content (AvgIpc) is 2.64. The van der Waals surface area contributed by atoms with Crippen molar-refractivity contribution in [1.29, 1.82) is 0 Å². The summed E-state index contributed by atoms with van der Waals surface area (Å²) in [6.07, 6.45) is 7.45. The Morgan fingerprint density at radius 2 is 1.68 bits per heavy atom. The number of carbonyl (C=O) groups is 3. The molecular weight excluding hydrogens is 320 g/mol. The number of carbonyl (C=O) groups excluding carboxylic acids is 2. The van der Waals surface area contributed by atoms with E-state index in [2.05, 4.69) is 12.2 Å². The molecule has 2 amide bonds. The normalized spacial score (nSPS) is 24.8. The van der Waals surface area contributed by atoms with Crippen molar-refractivity contribution >= 4 is 17.8 Å². The van der Waals surface area contributed by atoms with Crippen molar-refractivity contribution in [2.24, 2.45) is 17.8 Å². The molecule has 0 aromatic carbocycles. The standard InChI is InChI=1S/C19H32N2O4/c1-2-3-4-10-20-17(22)14-8-11-21(12-9-14)18(23)15-6-5-7-16(13-15)19(24)25/h14-16H,2-13H2,1H3,(H,20,22)(H,24,25). The molecule has 0 spiro atoms. The van der Waals surface area contributed by atoms with Crippen molar-refractivity contribution in [3.8, 4) is 0 Å². The summed E-state index contributed by atoms with van der Waals surface area (Å²) in [5.41, 5.74) is 0. The third-order valence-corrected chi connectivity index (χ3v) is 5.63. The number of piperidine rings is 1. The first-order valence-corrected chi connectivity index (χ1v) is 9.82. The maximum absolute atomic E-state index is 12.7. The number of rotatable bonds is 7. The Kier molecular flexibility index (Phi) is 7.72. The lowest BCUT2D eigenvalue weighted by molar-refractivity contribution is -0.146. The molecular formula is C19H32N2O4. The van der Waals surface area contributed by atoms with Crippen molar-refractivity contribution in [3.63, 3.8) is 0 Å². The van der Waals surface area contributed by atoms with Gasteiger partial charge in [0.2, 0.25) is 11.8 Å². The van der Waals surface area contributed by atoms with Gasteiger partial charge in [0.15, 0.2) is 0 Å². The number of unbranched alkanes of at least 4 members (excludes halogenated alkanes) is 2. The lowest BCUT2D eigenvalue weighted by atomic mass is 9.80. The summed E-state index contributed by atoms with van der Waals surface area (Å²) < 4.78 is 0. The van der Waals surface area contributed by atoms with Crippen LogP contribution in [0, 0.1) is 17.8 Å². The molecule has 6 heteroatoms. The van der Waals surface area contributed by atoms with Crippen molar-refractivity contribution in [2.75, 3.05) is 19.6 Å². The van der Waals surface area contributed by atoms with E-state index in [4.69, 9.17) is 0 Å². The summed E-state index contributed by atoms with van der Waals surface area (Å²) in [6, 6.07) is 0. The maximum atomic E-state index is 12.7. The lowest BCUT2D eigenvalue weighted by Gasteiger charge is -2.35. The fourth-order valence-electron chi connectivity index (χ4n) is 3.99. The largest absolute Gasteiger partial charge is 0.481 e. The topological polar surface area (TPSA) is 86.7 Å². The van der Waals surface area contributed by atoms with Gasteiger partial charge in [-0.2, -0.15) is 0 Å². The molecule has 1 heterocycles. The Balaban J connectivity index is 1.74. The number of hydrogen-bond donors (Lipinski definition) is 2. The molecule has 1 saturated heterocycles. The van der Waals surface area contributed by atoms with Crippen LogP contribution in [0.4, 0.5) is 0 Å². The summed E-state index contributed by atoms with van der Waals surface area (Å²) in [5.74, 6) is -1.11. The zero-order valence-corrected chi connectivity index (χ0v) is 15.3. The van der Waals surface area contributed by atoms with E-state index in [9.17, 15) is 19.5 Å². The number of carboxylic acids is 1. The first kappa shape index (κ1) is 19.7. The van der Waals surface area contributed by atoms with Gasteiger partial charge in [-0.15, -0.1) is 0 Å². The van der Waals surface area contributed by atoms with Crippen LogP contribution in [0.2, 0.25) is 0 Å². The molecule has 2 fully saturated rings. The number of nitrogens with zero attached hydrogens (tertiary/aromatic N) is 1. The van der Waals surface area contributed by atoms with E-state index >= 15 is 0 Å². The van der Waals surface area contributed by atoms with E-state index in [1.807, 2.05) is 4.90 Å². The molecule has 2 atom stereocenters. The molecule has 6 nitrogen and oxygen atoms in total. The van der Waals surface area contributed by atoms with Gasteiger partial charge in [-0.05, 0) is 38.5 Å². The van der Waals surface area contributed by atoms with Crippen molar-refractivity contribution in [1.82, 2.24) is 10.2 Å². The van der Waals surface area contributed by atoms with E-state index in [1.165, 1.54) is 0 Å². The summed E-state index contributed by atoms with van der Waals surface area (Å²) in [7, 11) is 0. The molecule has 0 aromatic heterocycles. The van der Waals surface area contributed by atoms with Crippen LogP contribution in [-0.2, 0) is 14.4 Å². The second-order valence-corrected chi connectivity index (χ2v) is 7.50. The van der Waals surface area contributed by atoms with Gasteiger partial charge in [-0.25, -0.2) is 0 Å². The number of likely N-dealkylation sites (tertiary alicyclic amines) is 1. The Morgan fingerprint density at radius 3 is 2.32 bits per heavy atom. The number of amides is 2. The summed E-state index contributed by atoms with van der Waals surface area (Å²) in [6.45, 7) is 4.10. The van der Waals surface area contributed by atoms with Crippen molar-refractivity contribution < 1.29 is 19.5 Å². The Labute approximate surface area is 150 Å². The zero-order chi connectivity index (χ0) is 18.2. The second kappa shape index (κ2) is 9.78. The van der Waals surface area contributed by atoms with E-state index in [0.29, 0.717) is 38.8 Å². The minimum atomic E-state index is -0.782. The predicted octanol–water partition coefficient (Wildman–Crippen LogP) is 2.42. The third-order valence-electron chi connectivity index (χ3n) is 5.63. The molecule has 25 heavy (non-hydrogen) atoms. The van der Waals surface area contributed by atoms with E-state index < -0.39 is 5.97 Å². The van der Waals surface area contributed by atoms with Crippen molar-refractivity contribution in [2.45, 2.75) is 64.7 Å². The van der Waals surface area contributed by atoms with Gasteiger partial charge in [-0.3, -0.25) is 14.4 Å². The smallest absolute Gasteiger partial charge is 0.306 e. The molecule has 0 aromatic rings. The van der Waals surface area contributed by atoms with Crippen LogP contribution in [0.25, 0.3) is 0 Å². The zero-order valence-electron chi connectivity index (χ0n) is 15.3. The average molecular weight is 352 g/mol. The van der Waals surface area contributed by atoms with Gasteiger partial charge >= 0.3 is 5.97 Å². The monoisotopic (exact) mass is 352 g/mol. The molecule has 2 unspecified atom stereocenters. The third kappa shape index (κ3) is 5.72. The van der Waals surface area contributed by atoms with Crippen LogP contribution in [0.5, 0.6) is 0 Å². The summed E-state index contributed by atoms with van der Waals surface area (Å²) in [4.78, 5) is 37.9. The predicted molar refractivity (Wildman–Crippen MR) is 94.9 cm³/mol. The lowest BCUT2D eigenvalue weighted by Crippen LogP contribution is -2.46. The molecule has 1 saturated carbocycles. The quantitative estimate of drug-likeness (QED) is 0.689. The van der Waals surface area contributed by atoms with Crippen LogP contribution in [-0.4, -0.2) is 47.4 Å². The minimum absolute atomic E-state index is 0.00352. The first-order chi connectivity index (χ1) is 12.0.